The summed E-state index contributed by atoms with van der Waals surface area (Å²) in [5, 5.41) is 0. The second-order valence-corrected chi connectivity index (χ2v) is 8.56. The highest BCUT2D eigenvalue weighted by Gasteiger charge is 2.53. The molecule has 0 heteroatoms. The van der Waals surface area contributed by atoms with Crippen LogP contribution in [0, 0.1) is 34.5 Å². The molecule has 3 aliphatic rings. The van der Waals surface area contributed by atoms with Gasteiger partial charge in [0.05, 0.1) is 0 Å². The Morgan fingerprint density at radius 2 is 1.59 bits per heavy atom. The van der Waals surface area contributed by atoms with Crippen molar-refractivity contribution in [3.05, 3.63) is 0 Å². The predicted octanol–water partition coefficient (Wildman–Crippen LogP) is 5.28. The fourth-order valence-corrected chi connectivity index (χ4v) is 5.61. The summed E-state index contributed by atoms with van der Waals surface area (Å²) in [5.74, 6) is 4.39. The Balaban J connectivity index is 1.82. The maximum Gasteiger partial charge on any atom is -0.0323 e. The van der Waals surface area contributed by atoms with E-state index >= 15 is 0 Å². The normalized spacial score (nSPS) is 52.2. The number of hydrogen-bond acceptors (Lipinski definition) is 0. The van der Waals surface area contributed by atoms with Crippen LogP contribution in [0.2, 0.25) is 0 Å². The summed E-state index contributed by atoms with van der Waals surface area (Å²) in [6.07, 6.45) is 10.6. The van der Waals surface area contributed by atoms with Crippen molar-refractivity contribution < 1.29 is 0 Å². The minimum Gasteiger partial charge on any atom is -0.0649 e. The smallest absolute Gasteiger partial charge is 0.0323 e. The quantitative estimate of drug-likeness (QED) is 0.579. The van der Waals surface area contributed by atoms with Crippen molar-refractivity contribution in [1.29, 1.82) is 0 Å². The van der Waals surface area contributed by atoms with E-state index in [4.69, 9.17) is 0 Å². The monoisotopic (exact) mass is 234 g/mol. The van der Waals surface area contributed by atoms with Gasteiger partial charge in [0.1, 0.15) is 0 Å². The van der Waals surface area contributed by atoms with Crippen LogP contribution in [0.4, 0.5) is 0 Å². The van der Waals surface area contributed by atoms with Gasteiger partial charge in [0.15, 0.2) is 0 Å². The lowest BCUT2D eigenvalue weighted by Crippen LogP contribution is -2.30. The molecule has 0 N–H and O–H groups in total. The predicted molar refractivity (Wildman–Crippen MR) is 73.8 cm³/mol. The Labute approximate surface area is 108 Å². The van der Waals surface area contributed by atoms with Crippen LogP contribution in [-0.2, 0) is 0 Å². The molecule has 5 unspecified atom stereocenters. The van der Waals surface area contributed by atoms with Gasteiger partial charge in [0.2, 0.25) is 0 Å². The molecule has 0 spiro atoms. The average molecular weight is 234 g/mol. The van der Waals surface area contributed by atoms with Crippen molar-refractivity contribution in [3.8, 4) is 0 Å². The summed E-state index contributed by atoms with van der Waals surface area (Å²) < 4.78 is 0. The molecular formula is C17H30. The minimum atomic E-state index is 0.640. The Bertz CT molecular complexity index is 303. The average Bonchev–Trinajstić information content (AvgIpc) is 2.50. The third-order valence-corrected chi connectivity index (χ3v) is 6.67. The highest BCUT2D eigenvalue weighted by molar-refractivity contribution is 5.03. The lowest BCUT2D eigenvalue weighted by molar-refractivity contribution is 0.104. The van der Waals surface area contributed by atoms with E-state index in [0.717, 1.165) is 23.7 Å². The molecular weight excluding hydrogens is 204 g/mol. The SMILES string of the molecule is CCC1(C)CC2CC(C1)C1CC(C)(C)CCC21. The van der Waals surface area contributed by atoms with Crippen LogP contribution in [0.15, 0.2) is 0 Å². The second kappa shape index (κ2) is 3.75. The Morgan fingerprint density at radius 1 is 0.941 bits per heavy atom. The van der Waals surface area contributed by atoms with E-state index in [2.05, 4.69) is 27.7 Å². The molecule has 0 radical (unpaired) electrons. The van der Waals surface area contributed by atoms with Crippen molar-refractivity contribution >= 4 is 0 Å². The largest absolute Gasteiger partial charge is 0.0649 e. The molecule has 0 saturated heterocycles. The fraction of sp³-hybridized carbons (Fsp3) is 1.00. The summed E-state index contributed by atoms with van der Waals surface area (Å²) >= 11 is 0. The van der Waals surface area contributed by atoms with E-state index in [1.165, 1.54) is 25.7 Å². The van der Waals surface area contributed by atoms with E-state index in [1.54, 1.807) is 19.3 Å². The first-order valence-electron chi connectivity index (χ1n) is 7.92. The fourth-order valence-electron chi connectivity index (χ4n) is 5.61. The molecule has 5 atom stereocenters. The Hall–Kier alpha value is 0. The number of rotatable bonds is 1. The summed E-state index contributed by atoms with van der Waals surface area (Å²) in [5.41, 5.74) is 1.33. The van der Waals surface area contributed by atoms with E-state index in [-0.39, 0.29) is 0 Å². The van der Waals surface area contributed by atoms with E-state index in [9.17, 15) is 0 Å². The van der Waals surface area contributed by atoms with E-state index in [0.29, 0.717) is 10.8 Å². The zero-order valence-corrected chi connectivity index (χ0v) is 12.3. The first-order chi connectivity index (χ1) is 7.92. The highest BCUT2D eigenvalue weighted by atomic mass is 14.6. The molecule has 0 aromatic rings. The van der Waals surface area contributed by atoms with Gasteiger partial charge in [0, 0.05) is 0 Å². The van der Waals surface area contributed by atoms with Crippen molar-refractivity contribution in [2.75, 3.05) is 0 Å². The maximum absolute atomic E-state index is 2.56. The van der Waals surface area contributed by atoms with Gasteiger partial charge in [0.25, 0.3) is 0 Å². The van der Waals surface area contributed by atoms with Crippen LogP contribution >= 0.6 is 0 Å². The molecule has 0 nitrogen and oxygen atoms in total. The van der Waals surface area contributed by atoms with Gasteiger partial charge >= 0.3 is 0 Å². The molecule has 0 aromatic heterocycles. The molecule has 3 aliphatic carbocycles. The summed E-state index contributed by atoms with van der Waals surface area (Å²) in [7, 11) is 0. The zero-order chi connectivity index (χ0) is 12.3. The van der Waals surface area contributed by atoms with Crippen LogP contribution in [-0.4, -0.2) is 0 Å². The molecule has 0 aliphatic heterocycles. The minimum absolute atomic E-state index is 0.640. The number of fused-ring (bicyclic) bond motifs is 5. The van der Waals surface area contributed by atoms with Gasteiger partial charge in [-0.2, -0.15) is 0 Å². The van der Waals surface area contributed by atoms with Gasteiger partial charge in [-0.05, 0) is 73.0 Å². The summed E-state index contributed by atoms with van der Waals surface area (Å²) in [4.78, 5) is 0. The Morgan fingerprint density at radius 3 is 2.24 bits per heavy atom. The molecule has 3 fully saturated rings. The van der Waals surface area contributed by atoms with E-state index in [1.807, 2.05) is 0 Å². The van der Waals surface area contributed by atoms with Crippen LogP contribution < -0.4 is 0 Å². The topological polar surface area (TPSA) is 0 Å². The molecule has 2 bridgehead atoms. The standard InChI is InChI=1S/C17H30/c1-5-17(4)9-12-8-13(10-17)15-11-16(2,3)7-6-14(12)15/h12-15H,5-11H2,1-4H3. The molecule has 3 saturated carbocycles. The van der Waals surface area contributed by atoms with Gasteiger partial charge in [-0.1, -0.05) is 34.1 Å². The lowest BCUT2D eigenvalue weighted by atomic mass is 9.65. The first kappa shape index (κ1) is 12.1. The van der Waals surface area contributed by atoms with Gasteiger partial charge in [-0.3, -0.25) is 0 Å². The molecule has 0 aromatic carbocycles. The van der Waals surface area contributed by atoms with Gasteiger partial charge in [-0.15, -0.1) is 0 Å². The Kier molecular flexibility index (Phi) is 2.66. The van der Waals surface area contributed by atoms with Crippen LogP contribution in [0.3, 0.4) is 0 Å². The molecule has 98 valence electrons. The van der Waals surface area contributed by atoms with Gasteiger partial charge < -0.3 is 0 Å². The maximum atomic E-state index is 2.56. The summed E-state index contributed by atoms with van der Waals surface area (Å²) in [6.45, 7) is 9.99. The molecule has 3 rings (SSSR count). The van der Waals surface area contributed by atoms with Crippen LogP contribution in [0.1, 0.15) is 72.6 Å². The summed E-state index contributed by atoms with van der Waals surface area (Å²) in [6, 6.07) is 0. The van der Waals surface area contributed by atoms with Crippen LogP contribution in [0.25, 0.3) is 0 Å². The van der Waals surface area contributed by atoms with E-state index < -0.39 is 0 Å². The third-order valence-electron chi connectivity index (χ3n) is 6.67. The van der Waals surface area contributed by atoms with Crippen molar-refractivity contribution in [2.45, 2.75) is 72.6 Å². The molecule has 0 heterocycles. The molecule has 0 amide bonds. The van der Waals surface area contributed by atoms with Crippen molar-refractivity contribution in [3.63, 3.8) is 0 Å². The lowest BCUT2D eigenvalue weighted by Gasteiger charge is -2.40. The van der Waals surface area contributed by atoms with Crippen molar-refractivity contribution in [2.24, 2.45) is 34.5 Å². The van der Waals surface area contributed by atoms with Gasteiger partial charge in [-0.25, -0.2) is 0 Å². The highest BCUT2D eigenvalue weighted by Crippen LogP contribution is 2.62. The first-order valence-corrected chi connectivity index (χ1v) is 7.92. The molecule has 17 heavy (non-hydrogen) atoms. The number of hydrogen-bond donors (Lipinski definition) is 0. The zero-order valence-electron chi connectivity index (χ0n) is 12.3. The third kappa shape index (κ3) is 1.96. The van der Waals surface area contributed by atoms with Crippen LogP contribution in [0.5, 0.6) is 0 Å². The van der Waals surface area contributed by atoms with Crippen molar-refractivity contribution in [1.82, 2.24) is 0 Å². The second-order valence-electron chi connectivity index (χ2n) is 8.56.